The molecule has 0 fully saturated rings. The van der Waals surface area contributed by atoms with Crippen molar-refractivity contribution in [3.63, 3.8) is 0 Å². The zero-order valence-electron chi connectivity index (χ0n) is 9.67. The summed E-state index contributed by atoms with van der Waals surface area (Å²) in [6.45, 7) is 2.56. The zero-order valence-corrected chi connectivity index (χ0v) is 10.5. The number of furan rings is 1. The topological polar surface area (TPSA) is 58.3 Å². The van der Waals surface area contributed by atoms with Crippen LogP contribution in [0.1, 0.15) is 36.3 Å². The standard InChI is InChI=1S/C12H16N2O2S/c1-2-9(12-13-5-7-17-12)14-8-10(15)11-4-3-6-16-11/h3-7,9-10,14-15H,2,8H2,1H3. The molecule has 0 aliphatic carbocycles. The van der Waals surface area contributed by atoms with Gasteiger partial charge in [-0.15, -0.1) is 11.3 Å². The van der Waals surface area contributed by atoms with Crippen LogP contribution < -0.4 is 5.32 Å². The van der Waals surface area contributed by atoms with Crippen molar-refractivity contribution in [3.05, 3.63) is 40.7 Å². The highest BCUT2D eigenvalue weighted by molar-refractivity contribution is 7.09. The summed E-state index contributed by atoms with van der Waals surface area (Å²) < 4.78 is 5.15. The number of aromatic nitrogens is 1. The Balaban J connectivity index is 1.88. The molecule has 0 aliphatic rings. The lowest BCUT2D eigenvalue weighted by molar-refractivity contribution is 0.143. The summed E-state index contributed by atoms with van der Waals surface area (Å²) in [6.07, 6.45) is 3.70. The van der Waals surface area contributed by atoms with Gasteiger partial charge in [-0.25, -0.2) is 4.98 Å². The van der Waals surface area contributed by atoms with Gasteiger partial charge in [-0.2, -0.15) is 0 Å². The minimum Gasteiger partial charge on any atom is -0.467 e. The average molecular weight is 252 g/mol. The van der Waals surface area contributed by atoms with Crippen LogP contribution in [-0.4, -0.2) is 16.6 Å². The molecule has 0 spiro atoms. The molecule has 0 aromatic carbocycles. The highest BCUT2D eigenvalue weighted by Gasteiger charge is 2.15. The van der Waals surface area contributed by atoms with Crippen LogP contribution >= 0.6 is 11.3 Å². The lowest BCUT2D eigenvalue weighted by Crippen LogP contribution is -2.25. The van der Waals surface area contributed by atoms with Gasteiger partial charge in [0.1, 0.15) is 16.9 Å². The molecule has 2 heterocycles. The van der Waals surface area contributed by atoms with Gasteiger partial charge in [-0.3, -0.25) is 0 Å². The maximum atomic E-state index is 9.88. The number of thiazole rings is 1. The third-order valence-corrected chi connectivity index (χ3v) is 3.48. The second kappa shape index (κ2) is 5.95. The molecule has 0 saturated heterocycles. The van der Waals surface area contributed by atoms with Gasteiger partial charge in [-0.05, 0) is 18.6 Å². The van der Waals surface area contributed by atoms with Crippen LogP contribution in [0.15, 0.2) is 34.4 Å². The van der Waals surface area contributed by atoms with Crippen molar-refractivity contribution in [2.24, 2.45) is 0 Å². The lowest BCUT2D eigenvalue weighted by Gasteiger charge is -2.16. The van der Waals surface area contributed by atoms with Gasteiger partial charge in [0.05, 0.1) is 12.3 Å². The summed E-state index contributed by atoms with van der Waals surface area (Å²) in [7, 11) is 0. The third-order valence-electron chi connectivity index (χ3n) is 2.59. The molecule has 5 heteroatoms. The van der Waals surface area contributed by atoms with E-state index < -0.39 is 6.10 Å². The van der Waals surface area contributed by atoms with Crippen molar-refractivity contribution in [3.8, 4) is 0 Å². The molecule has 0 radical (unpaired) electrons. The number of hydrogen-bond acceptors (Lipinski definition) is 5. The van der Waals surface area contributed by atoms with Crippen molar-refractivity contribution in [1.82, 2.24) is 10.3 Å². The van der Waals surface area contributed by atoms with E-state index in [1.807, 2.05) is 5.38 Å². The van der Waals surface area contributed by atoms with Gasteiger partial charge < -0.3 is 14.8 Å². The zero-order chi connectivity index (χ0) is 12.1. The van der Waals surface area contributed by atoms with Gasteiger partial charge in [0.15, 0.2) is 0 Å². The van der Waals surface area contributed by atoms with Crippen LogP contribution in [0.2, 0.25) is 0 Å². The van der Waals surface area contributed by atoms with Crippen molar-refractivity contribution in [2.75, 3.05) is 6.54 Å². The number of nitrogens with zero attached hydrogens (tertiary/aromatic N) is 1. The van der Waals surface area contributed by atoms with Crippen molar-refractivity contribution in [1.29, 1.82) is 0 Å². The van der Waals surface area contributed by atoms with Gasteiger partial charge in [-0.1, -0.05) is 6.92 Å². The van der Waals surface area contributed by atoms with Crippen molar-refractivity contribution in [2.45, 2.75) is 25.5 Å². The van der Waals surface area contributed by atoms with E-state index in [9.17, 15) is 5.11 Å². The maximum absolute atomic E-state index is 9.88. The molecule has 0 aliphatic heterocycles. The van der Waals surface area contributed by atoms with Crippen LogP contribution in [0.5, 0.6) is 0 Å². The summed E-state index contributed by atoms with van der Waals surface area (Å²) >= 11 is 1.63. The first-order valence-corrected chi connectivity index (χ1v) is 6.53. The van der Waals surface area contributed by atoms with E-state index in [4.69, 9.17) is 4.42 Å². The predicted molar refractivity (Wildman–Crippen MR) is 66.8 cm³/mol. The molecule has 17 heavy (non-hydrogen) atoms. The fourth-order valence-corrected chi connectivity index (χ4v) is 2.45. The number of rotatable bonds is 6. The molecule has 2 aromatic rings. The van der Waals surface area contributed by atoms with Crippen LogP contribution in [-0.2, 0) is 0 Å². The van der Waals surface area contributed by atoms with Crippen LogP contribution in [0, 0.1) is 0 Å². The van der Waals surface area contributed by atoms with Crippen LogP contribution in [0.4, 0.5) is 0 Å². The Morgan fingerprint density at radius 2 is 2.47 bits per heavy atom. The maximum Gasteiger partial charge on any atom is 0.133 e. The summed E-state index contributed by atoms with van der Waals surface area (Å²) in [4.78, 5) is 4.28. The van der Waals surface area contributed by atoms with Gasteiger partial charge in [0, 0.05) is 18.1 Å². The molecule has 2 N–H and O–H groups in total. The Morgan fingerprint density at radius 1 is 1.59 bits per heavy atom. The third kappa shape index (κ3) is 3.15. The van der Waals surface area contributed by atoms with E-state index in [2.05, 4.69) is 17.2 Å². The predicted octanol–water partition coefficient (Wildman–Crippen LogP) is 2.51. The molecule has 2 aromatic heterocycles. The smallest absolute Gasteiger partial charge is 0.133 e. The highest BCUT2D eigenvalue weighted by atomic mass is 32.1. The molecule has 0 amide bonds. The second-order valence-corrected chi connectivity index (χ2v) is 4.70. The number of aliphatic hydroxyl groups is 1. The number of aliphatic hydroxyl groups excluding tert-OH is 1. The summed E-state index contributed by atoms with van der Waals surface area (Å²) in [5, 5.41) is 16.2. The Labute approximate surface area is 104 Å². The van der Waals surface area contributed by atoms with Crippen molar-refractivity contribution >= 4 is 11.3 Å². The van der Waals surface area contributed by atoms with E-state index in [1.54, 1.807) is 35.9 Å². The fourth-order valence-electron chi connectivity index (χ4n) is 1.65. The Kier molecular flexibility index (Phi) is 4.30. The molecule has 2 atom stereocenters. The van der Waals surface area contributed by atoms with Crippen molar-refractivity contribution < 1.29 is 9.52 Å². The van der Waals surface area contributed by atoms with E-state index in [-0.39, 0.29) is 6.04 Å². The Morgan fingerprint density at radius 3 is 3.06 bits per heavy atom. The van der Waals surface area contributed by atoms with E-state index in [0.29, 0.717) is 12.3 Å². The second-order valence-electron chi connectivity index (χ2n) is 3.77. The molecule has 0 bridgehead atoms. The summed E-state index contributed by atoms with van der Waals surface area (Å²) in [5.74, 6) is 0.589. The molecule has 0 saturated carbocycles. The quantitative estimate of drug-likeness (QED) is 0.829. The first-order valence-electron chi connectivity index (χ1n) is 5.65. The summed E-state index contributed by atoms with van der Waals surface area (Å²) in [5.41, 5.74) is 0. The molecule has 2 unspecified atom stereocenters. The SMILES string of the molecule is CCC(NCC(O)c1ccco1)c1nccs1. The minimum atomic E-state index is -0.612. The van der Waals surface area contributed by atoms with Gasteiger partial charge >= 0.3 is 0 Å². The fraction of sp³-hybridized carbons (Fsp3) is 0.417. The largest absolute Gasteiger partial charge is 0.467 e. The molecule has 2 rings (SSSR count). The van der Waals surface area contributed by atoms with Gasteiger partial charge in [0.25, 0.3) is 0 Å². The Hall–Kier alpha value is -1.17. The molecular weight excluding hydrogens is 236 g/mol. The monoisotopic (exact) mass is 252 g/mol. The number of hydrogen-bond donors (Lipinski definition) is 2. The lowest BCUT2D eigenvalue weighted by atomic mass is 10.2. The normalized spacial score (nSPS) is 14.7. The van der Waals surface area contributed by atoms with Crippen LogP contribution in [0.3, 0.4) is 0 Å². The first kappa shape index (κ1) is 12.3. The van der Waals surface area contributed by atoms with E-state index >= 15 is 0 Å². The molecule has 4 nitrogen and oxygen atoms in total. The number of nitrogens with one attached hydrogen (secondary N) is 1. The van der Waals surface area contributed by atoms with Crippen LogP contribution in [0.25, 0.3) is 0 Å². The summed E-state index contributed by atoms with van der Waals surface area (Å²) in [6, 6.07) is 3.74. The van der Waals surface area contributed by atoms with E-state index in [0.717, 1.165) is 11.4 Å². The van der Waals surface area contributed by atoms with E-state index in [1.165, 1.54) is 0 Å². The Bertz CT molecular complexity index is 414. The van der Waals surface area contributed by atoms with Gasteiger partial charge in [0.2, 0.25) is 0 Å². The highest BCUT2D eigenvalue weighted by Crippen LogP contribution is 2.20. The first-order chi connectivity index (χ1) is 8.31. The minimum absolute atomic E-state index is 0.194. The molecular formula is C12H16N2O2S. The average Bonchev–Trinajstić information content (AvgIpc) is 3.02. The molecule has 92 valence electrons.